The van der Waals surface area contributed by atoms with Gasteiger partial charge < -0.3 is 0 Å². The van der Waals surface area contributed by atoms with Gasteiger partial charge in [-0.3, -0.25) is 0 Å². The maximum Gasteiger partial charge on any atom is -0.0119 e. The summed E-state index contributed by atoms with van der Waals surface area (Å²) < 4.78 is 0. The second-order valence-corrected chi connectivity index (χ2v) is 8.98. The largest absolute Gasteiger partial charge is 0.114 e. The Morgan fingerprint density at radius 3 is 1.70 bits per heavy atom. The third kappa shape index (κ3) is 6.30. The molecule has 3 aromatic rings. The summed E-state index contributed by atoms with van der Waals surface area (Å²) in [5, 5.41) is 4.40. The van der Waals surface area contributed by atoms with Crippen LogP contribution in [0.2, 0.25) is 0 Å². The highest BCUT2D eigenvalue weighted by atomic mass is 79.9. The van der Waals surface area contributed by atoms with E-state index in [9.17, 15) is 0 Å². The van der Waals surface area contributed by atoms with Gasteiger partial charge in [-0.2, -0.15) is 0 Å². The van der Waals surface area contributed by atoms with E-state index in [2.05, 4.69) is 91.9 Å². The third-order valence-corrected chi connectivity index (χ3v) is 7.36. The van der Waals surface area contributed by atoms with Crippen LogP contribution in [0.5, 0.6) is 0 Å². The number of rotatable bonds is 9. The lowest BCUT2D eigenvalue weighted by Gasteiger charge is -2.22. The van der Waals surface area contributed by atoms with Crippen molar-refractivity contribution < 1.29 is 0 Å². The van der Waals surface area contributed by atoms with Crippen LogP contribution in [-0.2, 0) is 6.42 Å². The van der Waals surface area contributed by atoms with Crippen molar-refractivity contribution in [2.75, 3.05) is 0 Å². The van der Waals surface area contributed by atoms with E-state index in [4.69, 9.17) is 0 Å². The topological polar surface area (TPSA) is 0 Å². The maximum absolute atomic E-state index is 2.35. The Kier molecular flexibility index (Phi) is 9.81. The highest BCUT2D eigenvalue weighted by Gasteiger charge is 2.18. The van der Waals surface area contributed by atoms with Crippen LogP contribution < -0.4 is 15.9 Å². The van der Waals surface area contributed by atoms with Gasteiger partial charge in [0.2, 0.25) is 0 Å². The molecule has 0 aliphatic carbocycles. The molecular weight excluding hydrogens is 411 g/mol. The van der Waals surface area contributed by atoms with Crippen molar-refractivity contribution in [3.63, 3.8) is 0 Å². The van der Waals surface area contributed by atoms with E-state index >= 15 is 0 Å². The van der Waals surface area contributed by atoms with Crippen LogP contribution in [0.4, 0.5) is 0 Å². The maximum atomic E-state index is 2.35. The van der Waals surface area contributed by atoms with Gasteiger partial charge in [-0.15, -0.1) is 17.0 Å². The van der Waals surface area contributed by atoms with Crippen molar-refractivity contribution in [1.29, 1.82) is 0 Å². The van der Waals surface area contributed by atoms with E-state index in [-0.39, 0.29) is 17.0 Å². The Bertz CT molecular complexity index is 731. The zero-order valence-electron chi connectivity index (χ0n) is 16.2. The molecule has 0 amide bonds. The lowest BCUT2D eigenvalue weighted by atomic mass is 10.1. The summed E-state index contributed by atoms with van der Waals surface area (Å²) in [4.78, 5) is 0. The summed E-state index contributed by atoms with van der Waals surface area (Å²) in [7, 11) is -0.494. The lowest BCUT2D eigenvalue weighted by Crippen LogP contribution is -2.23. The van der Waals surface area contributed by atoms with Gasteiger partial charge in [-0.05, 0) is 42.2 Å². The van der Waals surface area contributed by atoms with Gasteiger partial charge in [0.1, 0.15) is 0 Å². The molecule has 0 aliphatic heterocycles. The smallest absolute Gasteiger partial charge is 0.0119 e. The van der Waals surface area contributed by atoms with Crippen LogP contribution in [0.1, 0.15) is 44.6 Å². The zero-order chi connectivity index (χ0) is 18.0. The average Bonchev–Trinajstić information content (AvgIpc) is 2.71. The van der Waals surface area contributed by atoms with Crippen molar-refractivity contribution in [2.45, 2.75) is 45.4 Å². The van der Waals surface area contributed by atoms with Gasteiger partial charge in [0.05, 0.1) is 0 Å². The molecule has 3 rings (SSSR count). The number of halogens is 1. The normalized spacial score (nSPS) is 10.6. The fourth-order valence-corrected chi connectivity index (χ4v) is 5.94. The number of hydrogen-bond acceptors (Lipinski definition) is 0. The van der Waals surface area contributed by atoms with Crippen LogP contribution in [0.15, 0.2) is 84.9 Å². The molecule has 0 spiro atoms. The first-order valence-corrected chi connectivity index (χ1v) is 11.2. The summed E-state index contributed by atoms with van der Waals surface area (Å²) in [5.74, 6) is 0. The molecule has 0 atom stereocenters. The molecule has 0 aromatic heterocycles. The Morgan fingerprint density at radius 1 is 0.593 bits per heavy atom. The molecular formula is C25H30BrP. The Hall–Kier alpha value is -1.43. The van der Waals surface area contributed by atoms with E-state index in [0.29, 0.717) is 0 Å². The van der Waals surface area contributed by atoms with Crippen molar-refractivity contribution in [3.8, 4) is 0 Å². The van der Waals surface area contributed by atoms with Crippen LogP contribution in [0, 0.1) is 0 Å². The number of benzene rings is 3. The van der Waals surface area contributed by atoms with Crippen LogP contribution in [0.25, 0.3) is 0 Å². The number of aryl methyl sites for hydroxylation is 1. The highest BCUT2D eigenvalue weighted by molar-refractivity contribution is 8.93. The lowest BCUT2D eigenvalue weighted by molar-refractivity contribution is 0.633. The molecule has 0 aliphatic rings. The zero-order valence-corrected chi connectivity index (χ0v) is 18.8. The molecule has 0 nitrogen and oxygen atoms in total. The Labute approximate surface area is 176 Å². The molecule has 2 heteroatoms. The van der Waals surface area contributed by atoms with E-state index in [1.807, 2.05) is 0 Å². The summed E-state index contributed by atoms with van der Waals surface area (Å²) in [5.41, 5.74) is 1.53. The summed E-state index contributed by atoms with van der Waals surface area (Å²) in [6.07, 6.45) is 7.87. The van der Waals surface area contributed by atoms with Crippen molar-refractivity contribution >= 4 is 40.8 Å². The standard InChI is InChI=1S/C25H29P.BrH/c1-2-3-4-5-8-15-22-16-13-14-21-25(22)26(23-17-9-6-10-18-23)24-19-11-7-12-20-24;/h6-7,9-14,16-21H,2-5,8,15H2,1H3;1H. The van der Waals surface area contributed by atoms with E-state index < -0.39 is 7.92 Å². The summed E-state index contributed by atoms with van der Waals surface area (Å²) in [6, 6.07) is 31.2. The first-order chi connectivity index (χ1) is 12.9. The quantitative estimate of drug-likeness (QED) is 0.261. The molecule has 27 heavy (non-hydrogen) atoms. The van der Waals surface area contributed by atoms with Crippen LogP contribution in [0.3, 0.4) is 0 Å². The molecule has 0 saturated heterocycles. The third-order valence-electron chi connectivity index (χ3n) is 4.81. The average molecular weight is 441 g/mol. The first kappa shape index (κ1) is 21.9. The monoisotopic (exact) mass is 440 g/mol. The second-order valence-electron chi connectivity index (χ2n) is 6.80. The highest BCUT2D eigenvalue weighted by Crippen LogP contribution is 2.34. The molecule has 0 radical (unpaired) electrons. The molecule has 0 saturated carbocycles. The Morgan fingerprint density at radius 2 is 1.11 bits per heavy atom. The molecule has 0 heterocycles. The molecule has 0 bridgehead atoms. The number of unbranched alkanes of at least 4 members (excludes halogenated alkanes) is 4. The predicted octanol–water partition coefficient (Wildman–Crippen LogP) is 6.54. The van der Waals surface area contributed by atoms with Crippen molar-refractivity contribution in [2.24, 2.45) is 0 Å². The minimum Gasteiger partial charge on any atom is -0.114 e. The molecule has 0 unspecified atom stereocenters. The Balaban J connectivity index is 0.00000261. The van der Waals surface area contributed by atoms with Crippen LogP contribution in [-0.4, -0.2) is 0 Å². The SMILES string of the molecule is Br.CCCCCCCc1ccccc1P(c1ccccc1)c1ccccc1. The van der Waals surface area contributed by atoms with Gasteiger partial charge in [-0.1, -0.05) is 118 Å². The van der Waals surface area contributed by atoms with Crippen LogP contribution >= 0.6 is 24.9 Å². The van der Waals surface area contributed by atoms with Crippen molar-refractivity contribution in [3.05, 3.63) is 90.5 Å². The molecule has 142 valence electrons. The second kappa shape index (κ2) is 12.1. The van der Waals surface area contributed by atoms with Crippen molar-refractivity contribution in [1.82, 2.24) is 0 Å². The van der Waals surface area contributed by atoms with E-state index in [1.54, 1.807) is 0 Å². The minimum atomic E-state index is -0.494. The van der Waals surface area contributed by atoms with Gasteiger partial charge in [0, 0.05) is 0 Å². The fourth-order valence-electron chi connectivity index (χ4n) is 3.44. The predicted molar refractivity (Wildman–Crippen MR) is 128 cm³/mol. The molecule has 0 N–H and O–H groups in total. The number of hydrogen-bond donors (Lipinski definition) is 0. The molecule has 0 fully saturated rings. The van der Waals surface area contributed by atoms with Gasteiger partial charge in [0.15, 0.2) is 0 Å². The summed E-state index contributed by atoms with van der Waals surface area (Å²) >= 11 is 0. The van der Waals surface area contributed by atoms with E-state index in [1.165, 1.54) is 60.0 Å². The van der Waals surface area contributed by atoms with E-state index in [0.717, 1.165) is 0 Å². The van der Waals surface area contributed by atoms with Gasteiger partial charge >= 0.3 is 0 Å². The fraction of sp³-hybridized carbons (Fsp3) is 0.280. The van der Waals surface area contributed by atoms with Gasteiger partial charge in [0.25, 0.3) is 0 Å². The first-order valence-electron chi connectivity index (χ1n) is 9.88. The molecule has 3 aromatic carbocycles. The summed E-state index contributed by atoms with van der Waals surface area (Å²) in [6.45, 7) is 2.28. The van der Waals surface area contributed by atoms with Gasteiger partial charge in [-0.25, -0.2) is 0 Å². The minimum absolute atomic E-state index is 0.